The molecule has 218 valence electrons. The molecule has 0 spiro atoms. The number of nitrogens with zero attached hydrogens (tertiary/aromatic N) is 4. The number of amides is 1. The van der Waals surface area contributed by atoms with Crippen molar-refractivity contribution in [1.82, 2.24) is 19.5 Å². The van der Waals surface area contributed by atoms with E-state index in [1.807, 2.05) is 26.0 Å². The number of rotatable bonds is 9. The number of anilines is 1. The van der Waals surface area contributed by atoms with Gasteiger partial charge in [-0.25, -0.2) is 4.98 Å². The Morgan fingerprint density at radius 1 is 1.17 bits per heavy atom. The van der Waals surface area contributed by atoms with Gasteiger partial charge in [-0.3, -0.25) is 14.0 Å². The van der Waals surface area contributed by atoms with Crippen molar-refractivity contribution in [3.8, 4) is 11.4 Å². The highest BCUT2D eigenvalue weighted by molar-refractivity contribution is 6.04. The van der Waals surface area contributed by atoms with Crippen LogP contribution in [0.25, 0.3) is 17.0 Å². The number of fused-ring (bicyclic) bond motifs is 1. The summed E-state index contributed by atoms with van der Waals surface area (Å²) in [6.07, 6.45) is -2.57. The lowest BCUT2D eigenvalue weighted by atomic mass is 9.98. The smallest absolute Gasteiger partial charge is 0.428 e. The van der Waals surface area contributed by atoms with Gasteiger partial charge in [0.1, 0.15) is 17.4 Å². The molecule has 2 unspecified atom stereocenters. The van der Waals surface area contributed by atoms with Gasteiger partial charge in [0, 0.05) is 30.3 Å². The molecule has 3 N–H and O–H groups in total. The van der Waals surface area contributed by atoms with Gasteiger partial charge >= 0.3 is 12.1 Å². The summed E-state index contributed by atoms with van der Waals surface area (Å²) < 4.78 is 53.3. The third-order valence-electron chi connectivity index (χ3n) is 6.85. The first-order valence-electron chi connectivity index (χ1n) is 12.9. The molecule has 4 rings (SSSR count). The standard InChI is InChI=1S/C28H31F3N6O4/c1-15(2)23(32)26(39)40-27(5,28(29,30)31)10-8-22-35-24(36-41-22)18-7-6-17(4)19(13-18)34-25(38)20-14-33-21-12-16(3)9-11-37(20)21/h6-7,9,11-15,23H,8,10,32H2,1-5H3,(H,34,38). The lowest BCUT2D eigenvalue weighted by Gasteiger charge is -2.32. The maximum atomic E-state index is 13.9. The summed E-state index contributed by atoms with van der Waals surface area (Å²) in [5, 5.41) is 6.75. The second-order valence-corrected chi connectivity index (χ2v) is 10.5. The minimum absolute atomic E-state index is 0.0770. The fourth-order valence-electron chi connectivity index (χ4n) is 3.96. The maximum absolute atomic E-state index is 13.9. The van der Waals surface area contributed by atoms with Crippen molar-refractivity contribution < 1.29 is 32.0 Å². The molecule has 0 saturated carbocycles. The van der Waals surface area contributed by atoms with Crippen LogP contribution in [0.4, 0.5) is 18.9 Å². The summed E-state index contributed by atoms with van der Waals surface area (Å²) in [6.45, 7) is 7.75. The van der Waals surface area contributed by atoms with Crippen LogP contribution in [0.15, 0.2) is 47.2 Å². The van der Waals surface area contributed by atoms with Crippen molar-refractivity contribution in [2.75, 3.05) is 5.32 Å². The van der Waals surface area contributed by atoms with Gasteiger partial charge in [-0.15, -0.1) is 0 Å². The molecule has 0 radical (unpaired) electrons. The molecule has 3 aromatic heterocycles. The number of carbonyl (C=O) groups is 2. The number of aryl methyl sites for hydroxylation is 3. The monoisotopic (exact) mass is 572 g/mol. The Labute approximate surface area is 234 Å². The van der Waals surface area contributed by atoms with Crippen LogP contribution < -0.4 is 11.1 Å². The number of benzene rings is 1. The number of hydrogen-bond donors (Lipinski definition) is 2. The average Bonchev–Trinajstić information content (AvgIpc) is 3.54. The molecule has 13 heteroatoms. The van der Waals surface area contributed by atoms with Crippen LogP contribution in [0.3, 0.4) is 0 Å². The number of carbonyl (C=O) groups excluding carboxylic acids is 2. The molecule has 4 aromatic rings. The molecular weight excluding hydrogens is 541 g/mol. The van der Waals surface area contributed by atoms with Crippen LogP contribution in [-0.2, 0) is 16.0 Å². The molecule has 3 heterocycles. The Hall–Kier alpha value is -4.26. The van der Waals surface area contributed by atoms with E-state index in [1.165, 1.54) is 6.20 Å². The highest BCUT2D eigenvalue weighted by Crippen LogP contribution is 2.37. The van der Waals surface area contributed by atoms with Crippen molar-refractivity contribution in [2.45, 2.75) is 65.3 Å². The SMILES string of the molecule is Cc1ccn2c(C(=O)Nc3cc(-c4noc(CCC(C)(OC(=O)C(N)C(C)C)C(F)(F)F)n4)ccc3C)cnc2c1. The summed E-state index contributed by atoms with van der Waals surface area (Å²) in [7, 11) is 0. The van der Waals surface area contributed by atoms with E-state index in [0.29, 0.717) is 22.6 Å². The number of imidazole rings is 1. The first kappa shape index (κ1) is 29.7. The normalized spacial score (nSPS) is 14.2. The lowest BCUT2D eigenvalue weighted by Crippen LogP contribution is -2.50. The third-order valence-corrected chi connectivity index (χ3v) is 6.85. The highest BCUT2D eigenvalue weighted by atomic mass is 19.4. The van der Waals surface area contributed by atoms with Crippen LogP contribution in [0.5, 0.6) is 0 Å². The summed E-state index contributed by atoms with van der Waals surface area (Å²) in [6, 6.07) is 7.62. The number of nitrogens with two attached hydrogens (primary N) is 1. The van der Waals surface area contributed by atoms with Crippen LogP contribution in [-0.4, -0.2) is 49.2 Å². The fraction of sp³-hybridized carbons (Fsp3) is 0.393. The second-order valence-electron chi connectivity index (χ2n) is 10.5. The first-order chi connectivity index (χ1) is 19.2. The van der Waals surface area contributed by atoms with E-state index in [2.05, 4.69) is 20.4 Å². The average molecular weight is 573 g/mol. The molecule has 0 fully saturated rings. The van der Waals surface area contributed by atoms with Gasteiger partial charge in [0.2, 0.25) is 17.3 Å². The van der Waals surface area contributed by atoms with E-state index < -0.39 is 36.1 Å². The van der Waals surface area contributed by atoms with Gasteiger partial charge in [0.15, 0.2) is 0 Å². The van der Waals surface area contributed by atoms with Gasteiger partial charge in [-0.05, 0) is 56.0 Å². The zero-order valence-corrected chi connectivity index (χ0v) is 23.2. The molecular formula is C28H31F3N6O4. The molecule has 0 bridgehead atoms. The number of pyridine rings is 1. The summed E-state index contributed by atoms with van der Waals surface area (Å²) in [4.78, 5) is 33.7. The predicted molar refractivity (Wildman–Crippen MR) is 144 cm³/mol. The molecule has 0 saturated heterocycles. The number of ether oxygens (including phenoxy) is 1. The van der Waals surface area contributed by atoms with E-state index in [4.69, 9.17) is 15.0 Å². The number of hydrogen-bond acceptors (Lipinski definition) is 8. The molecule has 0 aliphatic carbocycles. The van der Waals surface area contributed by atoms with Gasteiger partial charge in [-0.2, -0.15) is 18.2 Å². The topological polar surface area (TPSA) is 138 Å². The Bertz CT molecular complexity index is 1580. The van der Waals surface area contributed by atoms with Crippen LogP contribution in [0, 0.1) is 19.8 Å². The van der Waals surface area contributed by atoms with E-state index in [1.54, 1.807) is 42.6 Å². The number of esters is 1. The van der Waals surface area contributed by atoms with Crippen molar-refractivity contribution in [3.63, 3.8) is 0 Å². The second kappa shape index (κ2) is 11.3. The molecule has 1 amide bonds. The molecule has 2 atom stereocenters. The lowest BCUT2D eigenvalue weighted by molar-refractivity contribution is -0.266. The molecule has 41 heavy (non-hydrogen) atoms. The Morgan fingerprint density at radius 3 is 2.59 bits per heavy atom. The molecule has 0 aliphatic heterocycles. The van der Waals surface area contributed by atoms with Crippen LogP contribution in [0.1, 0.15) is 54.7 Å². The van der Waals surface area contributed by atoms with Crippen molar-refractivity contribution in [3.05, 3.63) is 65.4 Å². The zero-order valence-electron chi connectivity index (χ0n) is 23.2. The van der Waals surface area contributed by atoms with Crippen LogP contribution in [0.2, 0.25) is 0 Å². The van der Waals surface area contributed by atoms with E-state index in [0.717, 1.165) is 18.1 Å². The van der Waals surface area contributed by atoms with Crippen LogP contribution >= 0.6 is 0 Å². The Balaban J connectivity index is 1.49. The number of aromatic nitrogens is 4. The third kappa shape index (κ3) is 6.40. The van der Waals surface area contributed by atoms with E-state index in [9.17, 15) is 22.8 Å². The van der Waals surface area contributed by atoms with Gasteiger partial charge in [0.25, 0.3) is 5.91 Å². The quantitative estimate of drug-likeness (QED) is 0.266. The van der Waals surface area contributed by atoms with Crippen molar-refractivity contribution in [1.29, 1.82) is 0 Å². The maximum Gasteiger partial charge on any atom is 0.428 e. The minimum Gasteiger partial charge on any atom is -0.448 e. The summed E-state index contributed by atoms with van der Waals surface area (Å²) in [5.41, 5.74) is 6.59. The van der Waals surface area contributed by atoms with E-state index in [-0.39, 0.29) is 24.0 Å². The molecule has 10 nitrogen and oxygen atoms in total. The molecule has 1 aromatic carbocycles. The largest absolute Gasteiger partial charge is 0.448 e. The zero-order chi connectivity index (χ0) is 30.1. The Morgan fingerprint density at radius 2 is 1.90 bits per heavy atom. The first-order valence-corrected chi connectivity index (χ1v) is 12.9. The minimum atomic E-state index is -4.86. The van der Waals surface area contributed by atoms with Gasteiger partial charge in [0.05, 0.1) is 6.20 Å². The predicted octanol–water partition coefficient (Wildman–Crippen LogP) is 5.03. The summed E-state index contributed by atoms with van der Waals surface area (Å²) in [5.74, 6) is -1.88. The number of halogens is 3. The van der Waals surface area contributed by atoms with Gasteiger partial charge < -0.3 is 20.3 Å². The van der Waals surface area contributed by atoms with Crippen molar-refractivity contribution in [2.24, 2.45) is 11.7 Å². The number of alkyl halides is 3. The molecule has 0 aliphatic rings. The fourth-order valence-corrected chi connectivity index (χ4v) is 3.96. The van der Waals surface area contributed by atoms with E-state index >= 15 is 0 Å². The highest BCUT2D eigenvalue weighted by Gasteiger charge is 2.54. The Kier molecular flexibility index (Phi) is 8.20. The van der Waals surface area contributed by atoms with Crippen molar-refractivity contribution >= 4 is 23.2 Å². The summed E-state index contributed by atoms with van der Waals surface area (Å²) >= 11 is 0. The number of nitrogens with one attached hydrogen (secondary N) is 1. The van der Waals surface area contributed by atoms with Gasteiger partial charge in [-0.1, -0.05) is 31.1 Å².